The molecule has 1 heterocycles. The van der Waals surface area contributed by atoms with Crippen molar-refractivity contribution in [2.45, 2.75) is 44.8 Å². The number of carbonyl (C=O) groups excluding carboxylic acids is 1. The molecule has 0 unspecified atom stereocenters. The highest BCUT2D eigenvalue weighted by Gasteiger charge is 2.45. The number of halogens is 2. The molecule has 3 rings (SSSR count). The fourth-order valence-corrected chi connectivity index (χ4v) is 2.66. The van der Waals surface area contributed by atoms with Crippen molar-refractivity contribution in [3.8, 4) is 5.75 Å². The first kappa shape index (κ1) is 13.3. The third-order valence-corrected chi connectivity index (χ3v) is 3.81. The highest BCUT2D eigenvalue weighted by atomic mass is 19.3. The van der Waals surface area contributed by atoms with Gasteiger partial charge in [0.1, 0.15) is 11.4 Å². The minimum absolute atomic E-state index is 0.255. The Kier molecular flexibility index (Phi) is 2.96. The maximum absolute atomic E-state index is 12.4. The Morgan fingerprint density at radius 3 is 2.85 bits per heavy atom. The monoisotopic (exact) mass is 281 g/mol. The molecule has 1 saturated carbocycles. The lowest BCUT2D eigenvalue weighted by molar-refractivity contribution is 0.0926. The molecule has 1 aliphatic heterocycles. The molecule has 2 atom stereocenters. The van der Waals surface area contributed by atoms with Crippen LogP contribution in [0.3, 0.4) is 0 Å². The molecule has 1 aromatic rings. The SMILES string of the molecule is CC1(C)Cc2cc(C(=O)N[C@H]3C[C@@H]3C(F)F)ccc2O1. The molecule has 0 aromatic heterocycles. The Labute approximate surface area is 116 Å². The summed E-state index contributed by atoms with van der Waals surface area (Å²) in [5.41, 5.74) is 1.24. The summed E-state index contributed by atoms with van der Waals surface area (Å²) >= 11 is 0. The van der Waals surface area contributed by atoms with Gasteiger partial charge < -0.3 is 10.1 Å². The minimum atomic E-state index is -2.35. The number of hydrogen-bond acceptors (Lipinski definition) is 2. The van der Waals surface area contributed by atoms with Crippen LogP contribution in [0.25, 0.3) is 0 Å². The second-order valence-electron chi connectivity index (χ2n) is 6.17. The van der Waals surface area contributed by atoms with Gasteiger partial charge in [0.25, 0.3) is 5.91 Å². The molecule has 0 bridgehead atoms. The van der Waals surface area contributed by atoms with Crippen LogP contribution in [0.4, 0.5) is 8.78 Å². The van der Waals surface area contributed by atoms with E-state index in [1.54, 1.807) is 18.2 Å². The number of ether oxygens (including phenoxy) is 1. The summed E-state index contributed by atoms with van der Waals surface area (Å²) in [6.45, 7) is 3.98. The van der Waals surface area contributed by atoms with E-state index < -0.39 is 12.3 Å². The molecular formula is C15H17F2NO2. The van der Waals surface area contributed by atoms with E-state index in [4.69, 9.17) is 4.74 Å². The fraction of sp³-hybridized carbons (Fsp3) is 0.533. The van der Waals surface area contributed by atoms with Gasteiger partial charge in [0, 0.05) is 23.9 Å². The van der Waals surface area contributed by atoms with E-state index in [0.29, 0.717) is 12.0 Å². The Bertz CT molecular complexity index is 557. The Hall–Kier alpha value is -1.65. The third-order valence-electron chi connectivity index (χ3n) is 3.81. The van der Waals surface area contributed by atoms with Crippen LogP contribution in [-0.2, 0) is 6.42 Å². The van der Waals surface area contributed by atoms with Crippen LogP contribution in [-0.4, -0.2) is 24.0 Å². The van der Waals surface area contributed by atoms with Gasteiger partial charge in [-0.05, 0) is 44.0 Å². The van der Waals surface area contributed by atoms with Gasteiger partial charge in [-0.15, -0.1) is 0 Å². The first-order chi connectivity index (χ1) is 9.35. The van der Waals surface area contributed by atoms with Crippen LogP contribution >= 0.6 is 0 Å². The van der Waals surface area contributed by atoms with Crippen molar-refractivity contribution in [3.05, 3.63) is 29.3 Å². The van der Waals surface area contributed by atoms with Crippen LogP contribution in [0.15, 0.2) is 18.2 Å². The van der Waals surface area contributed by atoms with Crippen LogP contribution in [0.1, 0.15) is 36.2 Å². The summed E-state index contributed by atoms with van der Waals surface area (Å²) in [6, 6.07) is 4.86. The van der Waals surface area contributed by atoms with Gasteiger partial charge in [-0.25, -0.2) is 8.78 Å². The smallest absolute Gasteiger partial charge is 0.251 e. The number of alkyl halides is 2. The molecule has 1 amide bonds. The van der Waals surface area contributed by atoms with Crippen LogP contribution in [0, 0.1) is 5.92 Å². The van der Waals surface area contributed by atoms with Gasteiger partial charge in [-0.3, -0.25) is 4.79 Å². The van der Waals surface area contributed by atoms with Gasteiger partial charge in [-0.1, -0.05) is 0 Å². The zero-order valence-corrected chi connectivity index (χ0v) is 11.5. The summed E-state index contributed by atoms with van der Waals surface area (Å²) < 4.78 is 30.6. The Morgan fingerprint density at radius 2 is 2.20 bits per heavy atom. The minimum Gasteiger partial charge on any atom is -0.487 e. The van der Waals surface area contributed by atoms with Crippen LogP contribution in [0.2, 0.25) is 0 Å². The van der Waals surface area contributed by atoms with Gasteiger partial charge >= 0.3 is 0 Å². The average Bonchev–Trinajstić information content (AvgIpc) is 3.02. The van der Waals surface area contributed by atoms with Gasteiger partial charge in [0.05, 0.1) is 0 Å². The molecule has 2 aliphatic rings. The number of carbonyl (C=O) groups is 1. The number of rotatable bonds is 3. The van der Waals surface area contributed by atoms with Crippen molar-refractivity contribution < 1.29 is 18.3 Å². The fourth-order valence-electron chi connectivity index (χ4n) is 2.66. The van der Waals surface area contributed by atoms with Gasteiger partial charge in [0.15, 0.2) is 0 Å². The van der Waals surface area contributed by atoms with E-state index in [1.807, 2.05) is 13.8 Å². The van der Waals surface area contributed by atoms with Crippen molar-refractivity contribution in [2.24, 2.45) is 5.92 Å². The zero-order chi connectivity index (χ0) is 14.5. The lowest BCUT2D eigenvalue weighted by Gasteiger charge is -2.16. The van der Waals surface area contributed by atoms with E-state index in [9.17, 15) is 13.6 Å². The quantitative estimate of drug-likeness (QED) is 0.925. The molecular weight excluding hydrogens is 264 g/mol. The standard InChI is InChI=1S/C15H17F2NO2/c1-15(2)7-9-5-8(3-4-12(9)20-15)14(19)18-11-6-10(11)13(16)17/h3-5,10-11,13H,6-7H2,1-2H3,(H,18,19)/t10-,11-/m0/s1. The molecule has 1 aliphatic carbocycles. The van der Waals surface area contributed by atoms with E-state index in [1.165, 1.54) is 0 Å². The maximum atomic E-state index is 12.4. The summed E-state index contributed by atoms with van der Waals surface area (Å²) in [4.78, 5) is 12.0. The molecule has 0 saturated heterocycles. The lowest BCUT2D eigenvalue weighted by Crippen LogP contribution is -2.27. The summed E-state index contributed by atoms with van der Waals surface area (Å²) in [7, 11) is 0. The average molecular weight is 281 g/mol. The second-order valence-corrected chi connectivity index (χ2v) is 6.17. The molecule has 0 radical (unpaired) electrons. The highest BCUT2D eigenvalue weighted by molar-refractivity contribution is 5.95. The number of fused-ring (bicyclic) bond motifs is 1. The summed E-state index contributed by atoms with van der Waals surface area (Å²) in [5, 5.41) is 2.65. The second kappa shape index (κ2) is 4.43. The van der Waals surface area contributed by atoms with Crippen molar-refractivity contribution in [3.63, 3.8) is 0 Å². The van der Waals surface area contributed by atoms with Crippen LogP contribution in [0.5, 0.6) is 5.75 Å². The molecule has 20 heavy (non-hydrogen) atoms. The number of benzene rings is 1. The number of amides is 1. The molecule has 1 aromatic carbocycles. The van der Waals surface area contributed by atoms with Crippen molar-refractivity contribution in [1.29, 1.82) is 0 Å². The predicted molar refractivity (Wildman–Crippen MR) is 70.2 cm³/mol. The zero-order valence-electron chi connectivity index (χ0n) is 11.5. The van der Waals surface area contributed by atoms with Crippen molar-refractivity contribution in [2.75, 3.05) is 0 Å². The van der Waals surface area contributed by atoms with Crippen molar-refractivity contribution in [1.82, 2.24) is 5.32 Å². The first-order valence-electron chi connectivity index (χ1n) is 6.77. The van der Waals surface area contributed by atoms with Gasteiger partial charge in [0.2, 0.25) is 6.43 Å². The van der Waals surface area contributed by atoms with Gasteiger partial charge in [-0.2, -0.15) is 0 Å². The van der Waals surface area contributed by atoms with E-state index >= 15 is 0 Å². The van der Waals surface area contributed by atoms with E-state index in [0.717, 1.165) is 17.7 Å². The van der Waals surface area contributed by atoms with Crippen molar-refractivity contribution >= 4 is 5.91 Å². The highest BCUT2D eigenvalue weighted by Crippen LogP contribution is 2.37. The summed E-state index contributed by atoms with van der Waals surface area (Å²) in [5.74, 6) is -0.176. The van der Waals surface area contributed by atoms with E-state index in [2.05, 4.69) is 5.32 Å². The molecule has 1 fully saturated rings. The molecule has 108 valence electrons. The molecule has 1 N–H and O–H groups in total. The number of nitrogens with one attached hydrogen (secondary N) is 1. The maximum Gasteiger partial charge on any atom is 0.251 e. The number of hydrogen-bond donors (Lipinski definition) is 1. The summed E-state index contributed by atoms with van der Waals surface area (Å²) in [6.07, 6.45) is -1.24. The molecule has 3 nitrogen and oxygen atoms in total. The predicted octanol–water partition coefficient (Wildman–Crippen LogP) is 2.78. The topological polar surface area (TPSA) is 38.3 Å². The first-order valence-corrected chi connectivity index (χ1v) is 6.77. The largest absolute Gasteiger partial charge is 0.487 e. The normalized spacial score (nSPS) is 26.1. The Balaban J connectivity index is 1.69. The van der Waals surface area contributed by atoms with Crippen LogP contribution < -0.4 is 10.1 Å². The van der Waals surface area contributed by atoms with E-state index in [-0.39, 0.29) is 17.6 Å². The third kappa shape index (κ3) is 2.49. The lowest BCUT2D eigenvalue weighted by atomic mass is 10.00. The Morgan fingerprint density at radius 1 is 1.45 bits per heavy atom. The molecule has 5 heteroatoms. The molecule has 0 spiro atoms.